The van der Waals surface area contributed by atoms with Crippen molar-refractivity contribution in [2.24, 2.45) is 5.41 Å². The van der Waals surface area contributed by atoms with Crippen LogP contribution in [0.4, 0.5) is 0 Å². The first-order chi connectivity index (χ1) is 8.35. The summed E-state index contributed by atoms with van der Waals surface area (Å²) >= 11 is 5.82. The van der Waals surface area contributed by atoms with Crippen LogP contribution in [0.1, 0.15) is 42.5 Å². The lowest BCUT2D eigenvalue weighted by atomic mass is 9.90. The molecular formula is C16H26ClN. The Kier molecular flexibility index (Phi) is 5.68. The van der Waals surface area contributed by atoms with Crippen LogP contribution in [0.2, 0.25) is 0 Å². The first-order valence-corrected chi connectivity index (χ1v) is 7.22. The zero-order chi connectivity index (χ0) is 13.8. The van der Waals surface area contributed by atoms with Crippen LogP contribution in [0, 0.1) is 26.2 Å². The van der Waals surface area contributed by atoms with Crippen LogP contribution in [0.15, 0.2) is 12.1 Å². The molecule has 0 aliphatic heterocycles. The molecule has 1 N–H and O–H groups in total. The molecule has 0 aromatic heterocycles. The van der Waals surface area contributed by atoms with E-state index >= 15 is 0 Å². The monoisotopic (exact) mass is 267 g/mol. The Hall–Kier alpha value is -0.530. The molecule has 1 rings (SSSR count). The number of hydrogen-bond acceptors (Lipinski definition) is 1. The van der Waals surface area contributed by atoms with Gasteiger partial charge >= 0.3 is 0 Å². The molecule has 0 heterocycles. The summed E-state index contributed by atoms with van der Waals surface area (Å²) < 4.78 is 0. The summed E-state index contributed by atoms with van der Waals surface area (Å²) in [6, 6.07) is 4.52. The Balaban J connectivity index is 2.59. The molecule has 1 aromatic carbocycles. The number of aryl methyl sites for hydroxylation is 3. The number of hydrogen-bond donors (Lipinski definition) is 1. The topological polar surface area (TPSA) is 12.0 Å². The zero-order valence-corrected chi connectivity index (χ0v) is 13.1. The van der Waals surface area contributed by atoms with Gasteiger partial charge in [0, 0.05) is 19.0 Å². The minimum Gasteiger partial charge on any atom is -0.312 e. The number of alkyl halides is 1. The van der Waals surface area contributed by atoms with Crippen molar-refractivity contribution in [3.8, 4) is 0 Å². The lowest BCUT2D eigenvalue weighted by Gasteiger charge is -2.24. The van der Waals surface area contributed by atoms with Gasteiger partial charge in [-0.05, 0) is 49.3 Å². The summed E-state index contributed by atoms with van der Waals surface area (Å²) in [6.07, 6.45) is 1.05. The van der Waals surface area contributed by atoms with E-state index in [0.717, 1.165) is 25.4 Å². The minimum absolute atomic E-state index is 0.272. The molecule has 0 amide bonds. The first kappa shape index (κ1) is 15.5. The third kappa shape index (κ3) is 4.62. The smallest absolute Gasteiger partial charge is 0.0229 e. The van der Waals surface area contributed by atoms with E-state index in [1.807, 2.05) is 0 Å². The van der Waals surface area contributed by atoms with Crippen molar-refractivity contribution >= 4 is 11.6 Å². The molecule has 0 bridgehead atoms. The molecule has 0 radical (unpaired) electrons. The van der Waals surface area contributed by atoms with Crippen molar-refractivity contribution < 1.29 is 0 Å². The van der Waals surface area contributed by atoms with E-state index in [9.17, 15) is 0 Å². The molecule has 2 heteroatoms. The van der Waals surface area contributed by atoms with Gasteiger partial charge in [0.2, 0.25) is 0 Å². The third-order valence-corrected chi connectivity index (χ3v) is 3.71. The van der Waals surface area contributed by atoms with Crippen LogP contribution in [-0.4, -0.2) is 12.4 Å². The molecular weight excluding hydrogens is 242 g/mol. The van der Waals surface area contributed by atoms with Gasteiger partial charge in [0.1, 0.15) is 0 Å². The van der Waals surface area contributed by atoms with Crippen LogP contribution >= 0.6 is 11.6 Å². The Morgan fingerprint density at radius 2 is 1.67 bits per heavy atom. The second kappa shape index (κ2) is 6.58. The second-order valence-corrected chi connectivity index (χ2v) is 6.46. The predicted octanol–water partition coefficient (Wildman–Crippen LogP) is 4.36. The standard InChI is InChI=1S/C16H26ClN/c1-12-8-13(2)15(14(3)9-12)10-18-11-16(4,5)6-7-17/h8-9,18H,6-7,10-11H2,1-5H3. The highest BCUT2D eigenvalue weighted by molar-refractivity contribution is 6.17. The molecule has 0 spiro atoms. The van der Waals surface area contributed by atoms with Gasteiger partial charge < -0.3 is 5.32 Å². The van der Waals surface area contributed by atoms with Crippen LogP contribution in [0.5, 0.6) is 0 Å². The summed E-state index contributed by atoms with van der Waals surface area (Å²) in [5.41, 5.74) is 5.82. The van der Waals surface area contributed by atoms with Gasteiger partial charge in [-0.1, -0.05) is 31.5 Å². The lowest BCUT2D eigenvalue weighted by molar-refractivity contribution is 0.329. The Labute approximate surface area is 117 Å². The maximum Gasteiger partial charge on any atom is 0.0229 e. The maximum atomic E-state index is 5.82. The third-order valence-electron chi connectivity index (χ3n) is 3.52. The minimum atomic E-state index is 0.272. The van der Waals surface area contributed by atoms with E-state index in [0.29, 0.717) is 0 Å². The Morgan fingerprint density at radius 3 is 2.17 bits per heavy atom. The largest absolute Gasteiger partial charge is 0.312 e. The molecule has 1 aromatic rings. The fourth-order valence-electron chi connectivity index (χ4n) is 2.36. The van der Waals surface area contributed by atoms with Crippen molar-refractivity contribution in [3.63, 3.8) is 0 Å². The summed E-state index contributed by atoms with van der Waals surface area (Å²) in [4.78, 5) is 0. The summed E-state index contributed by atoms with van der Waals surface area (Å²) in [5, 5.41) is 3.57. The second-order valence-electron chi connectivity index (χ2n) is 6.08. The van der Waals surface area contributed by atoms with Crippen molar-refractivity contribution in [1.82, 2.24) is 5.32 Å². The number of rotatable bonds is 6. The molecule has 0 fully saturated rings. The quantitative estimate of drug-likeness (QED) is 0.756. The SMILES string of the molecule is Cc1cc(C)c(CNCC(C)(C)CCCl)c(C)c1. The molecule has 0 saturated heterocycles. The fourth-order valence-corrected chi connectivity index (χ4v) is 2.87. The average molecular weight is 268 g/mol. The van der Waals surface area contributed by atoms with Crippen LogP contribution in [0.3, 0.4) is 0 Å². The Bertz CT molecular complexity index is 373. The maximum absolute atomic E-state index is 5.82. The molecule has 0 saturated carbocycles. The lowest BCUT2D eigenvalue weighted by Crippen LogP contribution is -2.29. The van der Waals surface area contributed by atoms with E-state index in [1.54, 1.807) is 0 Å². The summed E-state index contributed by atoms with van der Waals surface area (Å²) in [6.45, 7) is 13.0. The molecule has 0 aliphatic rings. The van der Waals surface area contributed by atoms with Gasteiger partial charge in [0.25, 0.3) is 0 Å². The highest BCUT2D eigenvalue weighted by Gasteiger charge is 2.16. The normalized spacial score (nSPS) is 11.9. The number of halogens is 1. The van der Waals surface area contributed by atoms with Crippen molar-refractivity contribution in [1.29, 1.82) is 0 Å². The number of benzene rings is 1. The van der Waals surface area contributed by atoms with Crippen LogP contribution in [0.25, 0.3) is 0 Å². The summed E-state index contributed by atoms with van der Waals surface area (Å²) in [7, 11) is 0. The van der Waals surface area contributed by atoms with Gasteiger partial charge in [0.15, 0.2) is 0 Å². The highest BCUT2D eigenvalue weighted by atomic mass is 35.5. The van der Waals surface area contributed by atoms with Crippen molar-refractivity contribution in [2.45, 2.75) is 47.6 Å². The highest BCUT2D eigenvalue weighted by Crippen LogP contribution is 2.21. The Morgan fingerprint density at radius 1 is 1.11 bits per heavy atom. The molecule has 102 valence electrons. The van der Waals surface area contributed by atoms with E-state index in [2.05, 4.69) is 52.1 Å². The van der Waals surface area contributed by atoms with E-state index in [-0.39, 0.29) is 5.41 Å². The predicted molar refractivity (Wildman–Crippen MR) is 81.5 cm³/mol. The van der Waals surface area contributed by atoms with E-state index in [4.69, 9.17) is 11.6 Å². The zero-order valence-electron chi connectivity index (χ0n) is 12.4. The van der Waals surface area contributed by atoms with Gasteiger partial charge in [-0.2, -0.15) is 0 Å². The van der Waals surface area contributed by atoms with Crippen LogP contribution < -0.4 is 5.32 Å². The van der Waals surface area contributed by atoms with Crippen molar-refractivity contribution in [3.05, 3.63) is 34.4 Å². The van der Waals surface area contributed by atoms with Gasteiger partial charge in [0.05, 0.1) is 0 Å². The fraction of sp³-hybridized carbons (Fsp3) is 0.625. The number of nitrogens with one attached hydrogen (secondary N) is 1. The molecule has 0 unspecified atom stereocenters. The van der Waals surface area contributed by atoms with Gasteiger partial charge in [-0.3, -0.25) is 0 Å². The molecule has 1 nitrogen and oxygen atoms in total. The van der Waals surface area contributed by atoms with Crippen LogP contribution in [-0.2, 0) is 6.54 Å². The average Bonchev–Trinajstić information content (AvgIpc) is 2.21. The molecule has 0 aliphatic carbocycles. The van der Waals surface area contributed by atoms with E-state index < -0.39 is 0 Å². The summed E-state index contributed by atoms with van der Waals surface area (Å²) in [5.74, 6) is 0.733. The molecule has 0 atom stereocenters. The first-order valence-electron chi connectivity index (χ1n) is 6.69. The molecule has 18 heavy (non-hydrogen) atoms. The van der Waals surface area contributed by atoms with E-state index in [1.165, 1.54) is 22.3 Å². The van der Waals surface area contributed by atoms with Crippen molar-refractivity contribution in [2.75, 3.05) is 12.4 Å². The van der Waals surface area contributed by atoms with Gasteiger partial charge in [-0.25, -0.2) is 0 Å². The van der Waals surface area contributed by atoms with Gasteiger partial charge in [-0.15, -0.1) is 11.6 Å².